The molecule has 0 aliphatic rings. The van der Waals surface area contributed by atoms with Crippen LogP contribution in [0.15, 0.2) is 46.5 Å². The maximum absolute atomic E-state index is 13.4. The van der Waals surface area contributed by atoms with Crippen LogP contribution in [0.3, 0.4) is 0 Å². The molecule has 1 N–H and O–H groups in total. The summed E-state index contributed by atoms with van der Waals surface area (Å²) in [6, 6.07) is 7.97. The molecule has 1 aromatic heterocycles. The molecular weight excluding hydrogens is 470 g/mol. The molecule has 0 aliphatic heterocycles. The van der Waals surface area contributed by atoms with E-state index >= 15 is 0 Å². The molecule has 0 saturated heterocycles. The van der Waals surface area contributed by atoms with Gasteiger partial charge in [-0.1, -0.05) is 25.1 Å². The summed E-state index contributed by atoms with van der Waals surface area (Å²) in [6.07, 6.45) is 1.83. The highest BCUT2D eigenvalue weighted by Gasteiger charge is 2.22. The number of aromatic nitrogens is 2. The van der Waals surface area contributed by atoms with Crippen molar-refractivity contribution in [2.45, 2.75) is 48.5 Å². The van der Waals surface area contributed by atoms with Crippen LogP contribution in [0.4, 0.5) is 14.5 Å². The number of carbonyl (C=O) groups excluding carboxylic acids is 1. The third-order valence-electron chi connectivity index (χ3n) is 5.04. The van der Waals surface area contributed by atoms with Gasteiger partial charge in [-0.15, -0.1) is 0 Å². The minimum absolute atomic E-state index is 0.140. The van der Waals surface area contributed by atoms with Crippen LogP contribution in [0.5, 0.6) is 0 Å². The lowest BCUT2D eigenvalue weighted by Gasteiger charge is -2.14. The van der Waals surface area contributed by atoms with Gasteiger partial charge in [0.2, 0.25) is 15.9 Å². The summed E-state index contributed by atoms with van der Waals surface area (Å²) in [5, 5.41) is 2.56. The first kappa shape index (κ1) is 25.1. The number of halogens is 2. The normalized spacial score (nSPS) is 12.9. The van der Waals surface area contributed by atoms with Crippen LogP contribution in [-0.2, 0) is 21.4 Å². The Morgan fingerprint density at radius 2 is 1.91 bits per heavy atom. The zero-order chi connectivity index (χ0) is 24.3. The van der Waals surface area contributed by atoms with Crippen LogP contribution in [0.2, 0.25) is 0 Å². The minimum Gasteiger partial charge on any atom is -0.325 e. The Bertz CT molecular complexity index is 1280. The van der Waals surface area contributed by atoms with Gasteiger partial charge in [0.05, 0.1) is 21.2 Å². The molecule has 7 nitrogen and oxygen atoms in total. The fraction of sp³-hybridized carbons (Fsp3) is 0.364. The van der Waals surface area contributed by atoms with Gasteiger partial charge < -0.3 is 9.88 Å². The lowest BCUT2D eigenvalue weighted by Crippen LogP contribution is -2.23. The predicted octanol–water partition coefficient (Wildman–Crippen LogP) is 4.48. The SMILES string of the molecule is CCCCn1c(SC(C)C(=O)Nc2ccc(F)c(F)c2)nc2cc(S(=O)(=O)N(C)C)ccc21. The number of carbonyl (C=O) groups is 1. The number of hydrogen-bond donors (Lipinski definition) is 1. The van der Waals surface area contributed by atoms with E-state index in [0.29, 0.717) is 17.2 Å². The van der Waals surface area contributed by atoms with Crippen molar-refractivity contribution in [3.8, 4) is 0 Å². The summed E-state index contributed by atoms with van der Waals surface area (Å²) in [7, 11) is -0.678. The van der Waals surface area contributed by atoms with Gasteiger partial charge in [-0.3, -0.25) is 4.79 Å². The Kier molecular flexibility index (Phi) is 7.76. The number of fused-ring (bicyclic) bond motifs is 1. The van der Waals surface area contributed by atoms with E-state index in [2.05, 4.69) is 17.2 Å². The van der Waals surface area contributed by atoms with Crippen LogP contribution in [0, 0.1) is 11.6 Å². The number of benzene rings is 2. The third kappa shape index (κ3) is 5.53. The third-order valence-corrected chi connectivity index (χ3v) is 7.94. The summed E-state index contributed by atoms with van der Waals surface area (Å²) >= 11 is 1.21. The van der Waals surface area contributed by atoms with Gasteiger partial charge >= 0.3 is 0 Å². The number of thioether (sulfide) groups is 1. The van der Waals surface area contributed by atoms with E-state index in [9.17, 15) is 22.0 Å². The average Bonchev–Trinajstić information content (AvgIpc) is 3.10. The molecule has 1 atom stereocenters. The molecule has 1 heterocycles. The van der Waals surface area contributed by atoms with Crippen molar-refractivity contribution in [1.29, 1.82) is 0 Å². The van der Waals surface area contributed by atoms with Crippen LogP contribution < -0.4 is 5.32 Å². The zero-order valence-corrected chi connectivity index (χ0v) is 20.4. The van der Waals surface area contributed by atoms with Crippen molar-refractivity contribution in [3.63, 3.8) is 0 Å². The molecule has 2 aromatic carbocycles. The average molecular weight is 497 g/mol. The fourth-order valence-corrected chi connectivity index (χ4v) is 4.98. The monoisotopic (exact) mass is 496 g/mol. The Labute approximate surface area is 196 Å². The summed E-state index contributed by atoms with van der Waals surface area (Å²) in [6.45, 7) is 4.41. The van der Waals surface area contributed by atoms with E-state index in [0.717, 1.165) is 34.8 Å². The van der Waals surface area contributed by atoms with E-state index in [1.165, 1.54) is 38.0 Å². The number of anilines is 1. The van der Waals surface area contributed by atoms with Gasteiger partial charge in [0.25, 0.3) is 0 Å². The molecule has 3 rings (SSSR count). The molecule has 0 fully saturated rings. The molecule has 178 valence electrons. The lowest BCUT2D eigenvalue weighted by molar-refractivity contribution is -0.115. The first-order valence-electron chi connectivity index (χ1n) is 10.4. The van der Waals surface area contributed by atoms with E-state index in [-0.39, 0.29) is 10.6 Å². The summed E-state index contributed by atoms with van der Waals surface area (Å²) < 4.78 is 54.7. The van der Waals surface area contributed by atoms with Gasteiger partial charge in [0, 0.05) is 32.4 Å². The number of hydrogen-bond acceptors (Lipinski definition) is 5. The zero-order valence-electron chi connectivity index (χ0n) is 18.8. The second kappa shape index (κ2) is 10.2. The molecule has 0 saturated carbocycles. The molecule has 1 amide bonds. The number of unbranched alkanes of at least 4 members (excludes halogenated alkanes) is 1. The molecular formula is C22H26F2N4O3S2. The van der Waals surface area contributed by atoms with Gasteiger partial charge in [0.1, 0.15) is 0 Å². The van der Waals surface area contributed by atoms with Gasteiger partial charge in [-0.05, 0) is 43.7 Å². The number of nitrogens with one attached hydrogen (secondary N) is 1. The number of imidazole rings is 1. The van der Waals surface area contributed by atoms with E-state index in [4.69, 9.17) is 0 Å². The van der Waals surface area contributed by atoms with Crippen LogP contribution in [-0.4, -0.2) is 47.5 Å². The molecule has 0 aliphatic carbocycles. The molecule has 1 unspecified atom stereocenters. The molecule has 3 aromatic rings. The van der Waals surface area contributed by atoms with Gasteiger partial charge in [-0.25, -0.2) is 26.5 Å². The van der Waals surface area contributed by atoms with E-state index in [1.807, 2.05) is 4.57 Å². The maximum Gasteiger partial charge on any atom is 0.242 e. The topological polar surface area (TPSA) is 84.3 Å². The Morgan fingerprint density at radius 1 is 1.18 bits per heavy atom. The first-order valence-corrected chi connectivity index (χ1v) is 12.7. The number of rotatable bonds is 9. The molecule has 0 spiro atoms. The number of aryl methyl sites for hydroxylation is 1. The lowest BCUT2D eigenvalue weighted by atomic mass is 10.3. The summed E-state index contributed by atoms with van der Waals surface area (Å²) in [5.74, 6) is -2.43. The first-order chi connectivity index (χ1) is 15.5. The second-order valence-electron chi connectivity index (χ2n) is 7.72. The van der Waals surface area contributed by atoms with Gasteiger partial charge in [-0.2, -0.15) is 0 Å². The number of nitrogens with zero attached hydrogens (tertiary/aromatic N) is 3. The van der Waals surface area contributed by atoms with Crippen molar-refractivity contribution < 1.29 is 22.0 Å². The maximum atomic E-state index is 13.4. The molecule has 0 radical (unpaired) electrons. The van der Waals surface area contributed by atoms with Crippen LogP contribution in [0.1, 0.15) is 26.7 Å². The predicted molar refractivity (Wildman–Crippen MR) is 126 cm³/mol. The molecule has 33 heavy (non-hydrogen) atoms. The summed E-state index contributed by atoms with van der Waals surface area (Å²) in [5.41, 5.74) is 1.45. The smallest absolute Gasteiger partial charge is 0.242 e. The van der Waals surface area contributed by atoms with Crippen molar-refractivity contribution in [2.75, 3.05) is 19.4 Å². The standard InChI is InChI=1S/C22H26F2N4O3S2/c1-5-6-11-28-20-10-8-16(33(30,31)27(3)4)13-19(20)26-22(28)32-14(2)21(29)25-15-7-9-17(23)18(24)12-15/h7-10,12-14H,5-6,11H2,1-4H3,(H,25,29). The Hall–Kier alpha value is -2.50. The van der Waals surface area contributed by atoms with Crippen molar-refractivity contribution in [2.24, 2.45) is 0 Å². The quantitative estimate of drug-likeness (QED) is 0.442. The largest absolute Gasteiger partial charge is 0.325 e. The van der Waals surface area contributed by atoms with E-state index < -0.39 is 32.8 Å². The van der Waals surface area contributed by atoms with E-state index in [1.54, 1.807) is 19.1 Å². The highest BCUT2D eigenvalue weighted by Crippen LogP contribution is 2.30. The van der Waals surface area contributed by atoms with Crippen molar-refractivity contribution in [3.05, 3.63) is 48.0 Å². The van der Waals surface area contributed by atoms with Crippen LogP contribution >= 0.6 is 11.8 Å². The second-order valence-corrected chi connectivity index (χ2v) is 11.2. The highest BCUT2D eigenvalue weighted by atomic mass is 32.2. The number of sulfonamides is 1. The Balaban J connectivity index is 1.89. The highest BCUT2D eigenvalue weighted by molar-refractivity contribution is 8.00. The number of amides is 1. The fourth-order valence-electron chi connectivity index (χ4n) is 3.11. The summed E-state index contributed by atoms with van der Waals surface area (Å²) in [4.78, 5) is 17.4. The van der Waals surface area contributed by atoms with Crippen molar-refractivity contribution in [1.82, 2.24) is 13.9 Å². The van der Waals surface area contributed by atoms with Gasteiger partial charge in [0.15, 0.2) is 16.8 Å². The minimum atomic E-state index is -3.61. The van der Waals surface area contributed by atoms with Crippen LogP contribution in [0.25, 0.3) is 11.0 Å². The Morgan fingerprint density at radius 3 is 2.55 bits per heavy atom. The molecule has 0 bridgehead atoms. The molecule has 11 heteroatoms. The van der Waals surface area contributed by atoms with Crippen molar-refractivity contribution >= 4 is 44.4 Å².